The number of alkyl halides is 1. The number of nitrogens with one attached hydrogen (secondary N) is 1. The first-order valence-electron chi connectivity index (χ1n) is 11.2. The summed E-state index contributed by atoms with van der Waals surface area (Å²) in [5.41, 5.74) is 2.66. The van der Waals surface area contributed by atoms with Crippen molar-refractivity contribution in [1.82, 2.24) is 0 Å². The van der Waals surface area contributed by atoms with Gasteiger partial charge in [-0.3, -0.25) is 0 Å². The van der Waals surface area contributed by atoms with Gasteiger partial charge in [0, 0.05) is 30.3 Å². The Kier molecular flexibility index (Phi) is 8.93. The van der Waals surface area contributed by atoms with Gasteiger partial charge in [-0.05, 0) is 67.6 Å². The van der Waals surface area contributed by atoms with Gasteiger partial charge in [-0.2, -0.15) is 0 Å². The fraction of sp³-hybridized carbons (Fsp3) is 0.481. The van der Waals surface area contributed by atoms with Gasteiger partial charge in [0.1, 0.15) is 5.67 Å². The van der Waals surface area contributed by atoms with Gasteiger partial charge in [0.2, 0.25) is 0 Å². The third kappa shape index (κ3) is 6.09. The van der Waals surface area contributed by atoms with E-state index in [2.05, 4.69) is 43.1 Å². The van der Waals surface area contributed by atoms with E-state index in [9.17, 15) is 4.39 Å². The maximum absolute atomic E-state index is 14.7. The summed E-state index contributed by atoms with van der Waals surface area (Å²) in [6.45, 7) is 8.52. The molecule has 0 aliphatic rings. The Bertz CT molecular complexity index is 822. The molecule has 0 amide bonds. The summed E-state index contributed by atoms with van der Waals surface area (Å²) in [5, 5.41) is 3.11. The summed E-state index contributed by atoms with van der Waals surface area (Å²) < 4.78 is 21.0. The third-order valence-corrected chi connectivity index (χ3v) is 6.27. The van der Waals surface area contributed by atoms with Crippen LogP contribution in [0.15, 0.2) is 48.5 Å². The number of hydrogen-bond acceptors (Lipinski definition) is 2. The molecule has 2 aromatic carbocycles. The van der Waals surface area contributed by atoms with E-state index in [1.54, 1.807) is 0 Å². The Labute approximate surface area is 182 Å². The predicted octanol–water partition coefficient (Wildman–Crippen LogP) is 7.08. The zero-order chi connectivity index (χ0) is 22.0. The van der Waals surface area contributed by atoms with Crippen LogP contribution in [0.3, 0.4) is 0 Å². The van der Waals surface area contributed by atoms with Gasteiger partial charge in [-0.1, -0.05) is 51.7 Å². The first kappa shape index (κ1) is 24.0. The fourth-order valence-corrected chi connectivity index (χ4v) is 3.70. The van der Waals surface area contributed by atoms with Gasteiger partial charge in [0.15, 0.2) is 0 Å². The van der Waals surface area contributed by atoms with E-state index in [0.717, 1.165) is 35.2 Å². The predicted molar refractivity (Wildman–Crippen MR) is 126 cm³/mol. The Morgan fingerprint density at radius 2 is 1.30 bits per heavy atom. The summed E-state index contributed by atoms with van der Waals surface area (Å²) in [7, 11) is 1.90. The quantitative estimate of drug-likeness (QED) is 0.423. The minimum absolute atomic E-state index is 0.378. The van der Waals surface area contributed by atoms with Crippen molar-refractivity contribution in [2.24, 2.45) is 0 Å². The van der Waals surface area contributed by atoms with Crippen molar-refractivity contribution in [1.29, 1.82) is 0 Å². The molecule has 0 radical (unpaired) electrons. The van der Waals surface area contributed by atoms with E-state index in [1.807, 2.05) is 57.3 Å². The van der Waals surface area contributed by atoms with Crippen molar-refractivity contribution in [3.8, 4) is 11.8 Å². The van der Waals surface area contributed by atoms with Crippen molar-refractivity contribution >= 4 is 5.69 Å². The zero-order valence-corrected chi connectivity index (χ0v) is 19.1. The Hall–Kier alpha value is -2.31. The molecule has 1 N–H and O–H groups in total. The van der Waals surface area contributed by atoms with Crippen LogP contribution in [0.5, 0.6) is 0 Å². The second kappa shape index (κ2) is 11.2. The third-order valence-electron chi connectivity index (χ3n) is 6.27. The number of halogens is 1. The molecule has 3 heteroatoms. The maximum atomic E-state index is 14.7. The Morgan fingerprint density at radius 1 is 0.800 bits per heavy atom. The zero-order valence-electron chi connectivity index (χ0n) is 19.1. The minimum Gasteiger partial charge on any atom is -0.388 e. The second-order valence-corrected chi connectivity index (χ2v) is 7.81. The molecule has 0 atom stereocenters. The molecule has 0 heterocycles. The van der Waals surface area contributed by atoms with Crippen LogP contribution in [-0.2, 0) is 10.3 Å². The van der Waals surface area contributed by atoms with Crippen molar-refractivity contribution in [3.63, 3.8) is 0 Å². The molecule has 0 fully saturated rings. The Morgan fingerprint density at radius 3 is 1.73 bits per heavy atom. The van der Waals surface area contributed by atoms with Crippen molar-refractivity contribution in [2.45, 2.75) is 71.1 Å². The summed E-state index contributed by atoms with van der Waals surface area (Å²) in [4.78, 5) is 0. The van der Waals surface area contributed by atoms with Crippen LogP contribution < -0.4 is 5.32 Å². The summed E-state index contributed by atoms with van der Waals surface area (Å²) in [6, 6.07) is 16.4. The molecule has 0 aliphatic carbocycles. The first-order chi connectivity index (χ1) is 14.4. The van der Waals surface area contributed by atoms with Crippen LogP contribution in [0.25, 0.3) is 0 Å². The Balaban J connectivity index is 2.11. The van der Waals surface area contributed by atoms with Crippen molar-refractivity contribution < 1.29 is 9.13 Å². The van der Waals surface area contributed by atoms with Gasteiger partial charge < -0.3 is 10.1 Å². The molecule has 0 spiro atoms. The topological polar surface area (TPSA) is 21.3 Å². The van der Waals surface area contributed by atoms with Gasteiger partial charge in [0.05, 0.1) is 12.2 Å². The van der Waals surface area contributed by atoms with E-state index in [4.69, 9.17) is 4.74 Å². The molecule has 162 valence electrons. The number of benzene rings is 2. The molecule has 2 rings (SSSR count). The fourth-order valence-electron chi connectivity index (χ4n) is 3.70. The van der Waals surface area contributed by atoms with E-state index >= 15 is 0 Å². The minimum atomic E-state index is -1.13. The lowest BCUT2D eigenvalue weighted by molar-refractivity contribution is -0.0716. The van der Waals surface area contributed by atoms with Crippen LogP contribution >= 0.6 is 0 Å². The number of rotatable bonds is 10. The average Bonchev–Trinajstić information content (AvgIpc) is 2.81. The van der Waals surface area contributed by atoms with Crippen molar-refractivity contribution in [3.05, 3.63) is 65.2 Å². The van der Waals surface area contributed by atoms with Crippen LogP contribution in [0.4, 0.5) is 10.1 Å². The van der Waals surface area contributed by atoms with E-state index in [-0.39, 0.29) is 5.60 Å². The second-order valence-electron chi connectivity index (χ2n) is 7.81. The highest BCUT2D eigenvalue weighted by molar-refractivity contribution is 5.50. The summed E-state index contributed by atoms with van der Waals surface area (Å²) in [6.07, 6.45) is 3.21. The first-order valence-corrected chi connectivity index (χ1v) is 11.2. The normalized spacial score (nSPS) is 11.7. The monoisotopic (exact) mass is 409 g/mol. The van der Waals surface area contributed by atoms with Gasteiger partial charge in [-0.15, -0.1) is 0 Å². The molecule has 0 unspecified atom stereocenters. The molecule has 0 aromatic heterocycles. The van der Waals surface area contributed by atoms with Crippen LogP contribution in [-0.4, -0.2) is 19.3 Å². The van der Waals surface area contributed by atoms with E-state index in [1.165, 1.54) is 0 Å². The molecule has 30 heavy (non-hydrogen) atoms. The standard InChI is InChI=1S/C27H36FNO/c1-6-26(28,7-2)20-21-30-27(8-3,9-4)24-16-12-22(13-17-24)10-11-23-14-18-25(29-5)19-15-23/h12-19,29H,6-9,20-21H2,1-5H3. The lowest BCUT2D eigenvalue weighted by Crippen LogP contribution is -2.31. The highest BCUT2D eigenvalue weighted by atomic mass is 19.1. The molecule has 0 bridgehead atoms. The van der Waals surface area contributed by atoms with Crippen LogP contribution in [0, 0.1) is 11.8 Å². The smallest absolute Gasteiger partial charge is 0.112 e. The molecule has 0 saturated heterocycles. The summed E-state index contributed by atoms with van der Waals surface area (Å²) >= 11 is 0. The number of hydrogen-bond donors (Lipinski definition) is 1. The van der Waals surface area contributed by atoms with Crippen LogP contribution in [0.1, 0.15) is 76.5 Å². The summed E-state index contributed by atoms with van der Waals surface area (Å²) in [5.74, 6) is 6.44. The molecular weight excluding hydrogens is 373 g/mol. The lowest BCUT2D eigenvalue weighted by atomic mass is 9.87. The van der Waals surface area contributed by atoms with E-state index in [0.29, 0.717) is 25.9 Å². The lowest BCUT2D eigenvalue weighted by Gasteiger charge is -2.34. The molecular formula is C27H36FNO. The molecule has 0 aliphatic heterocycles. The molecule has 0 saturated carbocycles. The largest absolute Gasteiger partial charge is 0.388 e. The van der Waals surface area contributed by atoms with Crippen molar-refractivity contribution in [2.75, 3.05) is 19.0 Å². The highest BCUT2D eigenvalue weighted by Gasteiger charge is 2.31. The van der Waals surface area contributed by atoms with Gasteiger partial charge in [0.25, 0.3) is 0 Å². The number of anilines is 1. The van der Waals surface area contributed by atoms with E-state index < -0.39 is 5.67 Å². The molecule has 2 aromatic rings. The SMILES string of the molecule is CCC(F)(CC)CCOC(CC)(CC)c1ccc(C#Cc2ccc(NC)cc2)cc1. The van der Waals surface area contributed by atoms with Crippen LogP contribution in [0.2, 0.25) is 0 Å². The molecule has 2 nitrogen and oxygen atoms in total. The van der Waals surface area contributed by atoms with Gasteiger partial charge in [-0.25, -0.2) is 4.39 Å². The maximum Gasteiger partial charge on any atom is 0.112 e. The van der Waals surface area contributed by atoms with Gasteiger partial charge >= 0.3 is 0 Å². The number of ether oxygens (including phenoxy) is 1. The average molecular weight is 410 g/mol. The highest BCUT2D eigenvalue weighted by Crippen LogP contribution is 2.35.